The SMILES string of the molecule is C=C(C)C(=O)OCCCCSc1ncc(-c2ccc(CCCCC)cc2OC(F)(F)F)c(=O)n1C. The highest BCUT2D eigenvalue weighted by Crippen LogP contribution is 2.34. The van der Waals surface area contributed by atoms with E-state index in [2.05, 4.69) is 16.3 Å². The Balaban J connectivity index is 2.14. The zero-order chi connectivity index (χ0) is 26.0. The molecule has 0 aliphatic heterocycles. The van der Waals surface area contributed by atoms with E-state index in [4.69, 9.17) is 4.74 Å². The highest BCUT2D eigenvalue weighted by Gasteiger charge is 2.33. The zero-order valence-corrected chi connectivity index (χ0v) is 21.1. The van der Waals surface area contributed by atoms with E-state index in [1.165, 1.54) is 41.7 Å². The highest BCUT2D eigenvalue weighted by molar-refractivity contribution is 7.99. The first-order chi connectivity index (χ1) is 16.5. The third-order valence-electron chi connectivity index (χ3n) is 5.11. The molecule has 1 aromatic carbocycles. The molecule has 2 aromatic rings. The summed E-state index contributed by atoms with van der Waals surface area (Å²) in [5.74, 6) is -0.214. The van der Waals surface area contributed by atoms with Crippen LogP contribution >= 0.6 is 11.8 Å². The number of hydrogen-bond donors (Lipinski definition) is 0. The van der Waals surface area contributed by atoms with Crippen molar-refractivity contribution >= 4 is 17.7 Å². The Morgan fingerprint density at radius 3 is 2.57 bits per heavy atom. The Bertz CT molecular complexity index is 1080. The van der Waals surface area contributed by atoms with Crippen LogP contribution in [0.1, 0.15) is 51.5 Å². The van der Waals surface area contributed by atoms with Crippen LogP contribution in [0.4, 0.5) is 13.2 Å². The first kappa shape index (κ1) is 28.5. The number of unbranched alkanes of at least 4 members (excludes halogenated alkanes) is 3. The van der Waals surface area contributed by atoms with Crippen LogP contribution in [-0.2, 0) is 23.0 Å². The number of benzene rings is 1. The number of carbonyl (C=O) groups excluding carboxylic acids is 1. The van der Waals surface area contributed by atoms with Crippen molar-refractivity contribution in [3.8, 4) is 16.9 Å². The Kier molecular flexibility index (Phi) is 10.9. The average Bonchev–Trinajstić information content (AvgIpc) is 2.78. The summed E-state index contributed by atoms with van der Waals surface area (Å²) in [6, 6.07) is 4.55. The zero-order valence-electron chi connectivity index (χ0n) is 20.2. The molecule has 1 heterocycles. The van der Waals surface area contributed by atoms with Gasteiger partial charge in [-0.05, 0) is 44.2 Å². The molecule has 0 atom stereocenters. The van der Waals surface area contributed by atoms with Crippen LogP contribution in [0, 0.1) is 0 Å². The maximum absolute atomic E-state index is 13.1. The second-order valence-electron chi connectivity index (χ2n) is 8.13. The molecular weight excluding hydrogens is 481 g/mol. The number of alkyl halides is 3. The van der Waals surface area contributed by atoms with Crippen molar-refractivity contribution in [2.45, 2.75) is 63.9 Å². The summed E-state index contributed by atoms with van der Waals surface area (Å²) in [4.78, 5) is 28.6. The van der Waals surface area contributed by atoms with Crippen LogP contribution in [0.15, 0.2) is 46.5 Å². The van der Waals surface area contributed by atoms with Crippen LogP contribution in [0.2, 0.25) is 0 Å². The minimum Gasteiger partial charge on any atom is -0.462 e. The lowest BCUT2D eigenvalue weighted by molar-refractivity contribution is -0.274. The van der Waals surface area contributed by atoms with Crippen LogP contribution in [0.5, 0.6) is 5.75 Å². The summed E-state index contributed by atoms with van der Waals surface area (Å²) in [5.41, 5.74) is 0.665. The molecule has 0 saturated carbocycles. The Labute approximate surface area is 207 Å². The highest BCUT2D eigenvalue weighted by atomic mass is 32.2. The van der Waals surface area contributed by atoms with E-state index >= 15 is 0 Å². The van der Waals surface area contributed by atoms with Gasteiger partial charge in [-0.3, -0.25) is 9.36 Å². The molecule has 2 rings (SSSR count). The number of thioether (sulfide) groups is 1. The van der Waals surface area contributed by atoms with E-state index in [0.717, 1.165) is 25.7 Å². The third-order valence-corrected chi connectivity index (χ3v) is 6.24. The van der Waals surface area contributed by atoms with Gasteiger partial charge < -0.3 is 9.47 Å². The number of aromatic nitrogens is 2. The van der Waals surface area contributed by atoms with Gasteiger partial charge in [0.15, 0.2) is 5.16 Å². The molecule has 0 aliphatic carbocycles. The molecule has 1 aromatic heterocycles. The minimum atomic E-state index is -4.88. The van der Waals surface area contributed by atoms with Gasteiger partial charge in [0, 0.05) is 30.1 Å². The number of ether oxygens (including phenoxy) is 2. The molecule has 0 spiro atoms. The van der Waals surface area contributed by atoms with Crippen molar-refractivity contribution in [3.63, 3.8) is 0 Å². The van der Waals surface area contributed by atoms with Gasteiger partial charge in [-0.1, -0.05) is 50.2 Å². The Morgan fingerprint density at radius 2 is 1.91 bits per heavy atom. The van der Waals surface area contributed by atoms with Crippen LogP contribution in [0.25, 0.3) is 11.1 Å². The molecule has 0 fully saturated rings. The van der Waals surface area contributed by atoms with Crippen molar-refractivity contribution in [3.05, 3.63) is 52.5 Å². The third kappa shape index (κ3) is 9.08. The summed E-state index contributed by atoms with van der Waals surface area (Å²) in [6.07, 6.45) is 1.21. The molecule has 0 amide bonds. The molecule has 0 aliphatic rings. The smallest absolute Gasteiger partial charge is 0.462 e. The van der Waals surface area contributed by atoms with Gasteiger partial charge in [-0.2, -0.15) is 0 Å². The summed E-state index contributed by atoms with van der Waals surface area (Å²) in [6.45, 7) is 7.41. The van der Waals surface area contributed by atoms with Gasteiger partial charge in [0.05, 0.1) is 12.2 Å². The molecule has 0 radical (unpaired) electrons. The van der Waals surface area contributed by atoms with Gasteiger partial charge in [0.25, 0.3) is 5.56 Å². The maximum Gasteiger partial charge on any atom is 0.573 e. The Morgan fingerprint density at radius 1 is 1.17 bits per heavy atom. The number of esters is 1. The number of halogens is 3. The minimum absolute atomic E-state index is 0.0305. The normalized spacial score (nSPS) is 11.4. The fourth-order valence-corrected chi connectivity index (χ4v) is 4.17. The second-order valence-corrected chi connectivity index (χ2v) is 9.19. The summed E-state index contributed by atoms with van der Waals surface area (Å²) < 4.78 is 49.8. The van der Waals surface area contributed by atoms with E-state index in [0.29, 0.717) is 34.9 Å². The maximum atomic E-state index is 13.1. The standard InChI is InChI=1S/C25H31F3N2O4S/c1-5-6-7-10-18-11-12-19(21(15-18)34-25(26,27)28)20-16-29-24(30(4)22(20)31)35-14-9-8-13-33-23(32)17(2)3/h11-12,15-16H,2,5-10,13-14H2,1,3-4H3. The predicted octanol–water partition coefficient (Wildman–Crippen LogP) is 6.07. The largest absolute Gasteiger partial charge is 0.573 e. The van der Waals surface area contributed by atoms with E-state index in [1.807, 2.05) is 6.92 Å². The number of rotatable bonds is 13. The first-order valence-electron chi connectivity index (χ1n) is 11.4. The van der Waals surface area contributed by atoms with E-state index in [1.54, 1.807) is 13.0 Å². The number of nitrogens with zero attached hydrogens (tertiary/aromatic N) is 2. The van der Waals surface area contributed by atoms with Gasteiger partial charge in [-0.15, -0.1) is 13.2 Å². The molecule has 0 unspecified atom stereocenters. The van der Waals surface area contributed by atoms with Crippen LogP contribution in [0.3, 0.4) is 0 Å². The monoisotopic (exact) mass is 512 g/mol. The lowest BCUT2D eigenvalue weighted by Gasteiger charge is -2.16. The average molecular weight is 513 g/mol. The van der Waals surface area contributed by atoms with E-state index < -0.39 is 23.6 Å². The van der Waals surface area contributed by atoms with E-state index in [-0.39, 0.29) is 17.7 Å². The van der Waals surface area contributed by atoms with Crippen molar-refractivity contribution < 1.29 is 27.4 Å². The topological polar surface area (TPSA) is 70.4 Å². The van der Waals surface area contributed by atoms with Gasteiger partial charge in [0.2, 0.25) is 0 Å². The van der Waals surface area contributed by atoms with Crippen LogP contribution in [-0.4, -0.2) is 34.2 Å². The van der Waals surface area contributed by atoms with E-state index in [9.17, 15) is 22.8 Å². The molecular formula is C25H31F3N2O4S. The summed E-state index contributed by atoms with van der Waals surface area (Å²) in [5, 5.41) is 0.437. The number of carbonyl (C=O) groups is 1. The van der Waals surface area contributed by atoms with Gasteiger partial charge in [0.1, 0.15) is 5.75 Å². The fraction of sp³-hybridized carbons (Fsp3) is 0.480. The number of aryl methyl sites for hydroxylation is 1. The Hall–Kier alpha value is -2.75. The molecule has 0 saturated heterocycles. The predicted molar refractivity (Wildman–Crippen MR) is 131 cm³/mol. The van der Waals surface area contributed by atoms with Crippen molar-refractivity contribution in [2.75, 3.05) is 12.4 Å². The summed E-state index contributed by atoms with van der Waals surface area (Å²) in [7, 11) is 1.53. The van der Waals surface area contributed by atoms with Crippen molar-refractivity contribution in [1.29, 1.82) is 0 Å². The lowest BCUT2D eigenvalue weighted by atomic mass is 10.0. The summed E-state index contributed by atoms with van der Waals surface area (Å²) >= 11 is 1.34. The molecule has 6 nitrogen and oxygen atoms in total. The van der Waals surface area contributed by atoms with Gasteiger partial charge >= 0.3 is 12.3 Å². The fourth-order valence-electron chi connectivity index (χ4n) is 3.24. The second kappa shape index (κ2) is 13.4. The molecule has 35 heavy (non-hydrogen) atoms. The van der Waals surface area contributed by atoms with Crippen LogP contribution < -0.4 is 10.3 Å². The lowest BCUT2D eigenvalue weighted by Crippen LogP contribution is -2.23. The number of hydrogen-bond acceptors (Lipinski definition) is 6. The molecule has 0 N–H and O–H groups in total. The molecule has 0 bridgehead atoms. The van der Waals surface area contributed by atoms with Gasteiger partial charge in [-0.25, -0.2) is 9.78 Å². The van der Waals surface area contributed by atoms with Crippen molar-refractivity contribution in [1.82, 2.24) is 9.55 Å². The van der Waals surface area contributed by atoms with Crippen molar-refractivity contribution in [2.24, 2.45) is 7.05 Å². The quantitative estimate of drug-likeness (QED) is 0.107. The first-order valence-corrected chi connectivity index (χ1v) is 12.4. The molecule has 192 valence electrons. The molecule has 10 heteroatoms.